The summed E-state index contributed by atoms with van der Waals surface area (Å²) in [6, 6.07) is 39.7. The summed E-state index contributed by atoms with van der Waals surface area (Å²) in [7, 11) is 0. The number of carboxylic acid groups (broad SMARTS) is 1. The van der Waals surface area contributed by atoms with Crippen molar-refractivity contribution in [2.75, 3.05) is 36.4 Å². The molecule has 3 radical (unpaired) electrons. The van der Waals surface area contributed by atoms with Crippen LogP contribution < -0.4 is 65.9 Å². The number of pyridine rings is 5. The summed E-state index contributed by atoms with van der Waals surface area (Å²) in [5.41, 5.74) is 24.4. The van der Waals surface area contributed by atoms with Crippen LogP contribution in [-0.2, 0) is 38.4 Å². The molecular weight excluding hydrogens is 1230 g/mol. The number of amides is 2. The van der Waals surface area contributed by atoms with E-state index in [4.69, 9.17) is 35.8 Å². The minimum Gasteiger partial charge on any atom is -1.00 e. The second kappa shape index (κ2) is 37.1. The van der Waals surface area contributed by atoms with Gasteiger partial charge in [-0.2, -0.15) is 0 Å². The summed E-state index contributed by atoms with van der Waals surface area (Å²) in [5, 5.41) is 14.8. The maximum Gasteiger partial charge on any atom is 1.00 e. The number of carboxylic acids is 1. The van der Waals surface area contributed by atoms with Crippen LogP contribution in [0.2, 0.25) is 0 Å². The van der Waals surface area contributed by atoms with Gasteiger partial charge in [-0.1, -0.05) is 77.1 Å². The van der Waals surface area contributed by atoms with Crippen LogP contribution in [-0.4, -0.2) is 92.3 Å². The Labute approximate surface area is 596 Å². The van der Waals surface area contributed by atoms with Gasteiger partial charge in [-0.25, -0.2) is 14.8 Å². The van der Waals surface area contributed by atoms with Gasteiger partial charge in [0.15, 0.2) is 0 Å². The first-order valence-corrected chi connectivity index (χ1v) is 32.8. The number of rotatable bonds is 15. The molecule has 7 N–H and O–H groups in total. The third-order valence-electron chi connectivity index (χ3n) is 16.6. The van der Waals surface area contributed by atoms with Crippen LogP contribution in [0.25, 0.3) is 0 Å². The van der Waals surface area contributed by atoms with Crippen LogP contribution >= 0.6 is 0 Å². The second-order valence-electron chi connectivity index (χ2n) is 25.2. The van der Waals surface area contributed by atoms with E-state index >= 15 is 0 Å². The molecule has 2 fully saturated rings. The topological polar surface area (TPSA) is 272 Å². The van der Waals surface area contributed by atoms with Gasteiger partial charge < -0.3 is 47.7 Å². The number of nitrogen functional groups attached to an aromatic ring is 2. The molecule has 0 spiro atoms. The zero-order valence-electron chi connectivity index (χ0n) is 59.2. The van der Waals surface area contributed by atoms with Gasteiger partial charge in [0.2, 0.25) is 5.78 Å². The maximum absolute atomic E-state index is 13.3. The SMILES string of the molecule is CCc1cc(CC(=O)C(=O)O)cnc1N.CCc1cc(NC(=O)C(=O)N2C[C@@H](C)CC[C@@H]2c2cccc(Oc3cc(C)nc(C)c3)c2)cnc1N.Cc1cc(Oc2cccc(C3=NC[C@@H](C)CC3)c2)cc(C)n1.Cc1cc(Oc2cccc([C@H]3CC[C@H](C)CN3)c2)cc(C)n1.[B].[H-].[Na+]. The maximum atomic E-state index is 13.3. The number of aliphatic imine (C=N–C) groups is 1. The molecule has 2 saturated heterocycles. The van der Waals surface area contributed by atoms with Crippen molar-refractivity contribution < 1.29 is 69.5 Å². The number of nitrogens with one attached hydrogen (secondary N) is 2. The van der Waals surface area contributed by atoms with Gasteiger partial charge in [0.25, 0.3) is 0 Å². The first-order valence-electron chi connectivity index (χ1n) is 32.8. The molecule has 8 heterocycles. The van der Waals surface area contributed by atoms with Gasteiger partial charge in [-0.15, -0.1) is 0 Å². The molecule has 11 rings (SSSR count). The van der Waals surface area contributed by atoms with E-state index in [1.807, 2.05) is 134 Å². The predicted octanol–water partition coefficient (Wildman–Crippen LogP) is 11.4. The molecule has 503 valence electrons. The number of piperidine rings is 2. The van der Waals surface area contributed by atoms with Gasteiger partial charge in [-0.05, 0) is 193 Å². The van der Waals surface area contributed by atoms with Gasteiger partial charge >= 0.3 is 47.3 Å². The summed E-state index contributed by atoms with van der Waals surface area (Å²) >= 11 is 0. The summed E-state index contributed by atoms with van der Waals surface area (Å²) in [5.74, 6) is 3.92. The third kappa shape index (κ3) is 23.5. The minimum absolute atomic E-state index is 0. The van der Waals surface area contributed by atoms with Crippen molar-refractivity contribution in [1.29, 1.82) is 0 Å². The minimum atomic E-state index is -1.43. The Kier molecular flexibility index (Phi) is 29.5. The molecule has 8 aromatic rings. The molecule has 21 heteroatoms. The molecule has 19 nitrogen and oxygen atoms in total. The number of Topliss-reactive ketones (excluding diaryl/α,β-unsaturated/α-hetero) is 1. The number of carbonyl (C=O) groups is 4. The molecular formula is C76H92BN11NaO8. The van der Waals surface area contributed by atoms with Crippen LogP contribution in [0, 0.1) is 59.3 Å². The number of aromatic nitrogens is 5. The number of anilines is 3. The van der Waals surface area contributed by atoms with E-state index in [1.54, 1.807) is 17.0 Å². The van der Waals surface area contributed by atoms with E-state index in [9.17, 15) is 19.2 Å². The molecule has 0 bridgehead atoms. The monoisotopic (exact) mass is 1320 g/mol. The number of nitrogens with two attached hydrogens (primary N) is 2. The van der Waals surface area contributed by atoms with E-state index in [0.29, 0.717) is 71.6 Å². The quantitative estimate of drug-likeness (QED) is 0.0471. The van der Waals surface area contributed by atoms with E-state index in [-0.39, 0.29) is 51.9 Å². The van der Waals surface area contributed by atoms with Crippen molar-refractivity contribution in [2.45, 2.75) is 146 Å². The summed E-state index contributed by atoms with van der Waals surface area (Å²) in [4.78, 5) is 75.1. The van der Waals surface area contributed by atoms with Crippen molar-refractivity contribution in [3.8, 4) is 34.5 Å². The smallest absolute Gasteiger partial charge is 1.00 e. The van der Waals surface area contributed by atoms with Crippen molar-refractivity contribution >= 4 is 55.0 Å². The van der Waals surface area contributed by atoms with Crippen LogP contribution in [0.1, 0.15) is 154 Å². The Morgan fingerprint density at radius 3 is 1.60 bits per heavy atom. The number of carbonyl (C=O) groups excluding carboxylic acids is 3. The van der Waals surface area contributed by atoms with Gasteiger partial charge in [0.1, 0.15) is 46.1 Å². The summed E-state index contributed by atoms with van der Waals surface area (Å²) < 4.78 is 18.1. The molecule has 97 heavy (non-hydrogen) atoms. The number of ketones is 1. The predicted molar refractivity (Wildman–Crippen MR) is 380 cm³/mol. The van der Waals surface area contributed by atoms with E-state index in [1.165, 1.54) is 48.5 Å². The Bertz CT molecular complexity index is 3980. The van der Waals surface area contributed by atoms with Crippen molar-refractivity contribution in [2.24, 2.45) is 22.7 Å². The molecule has 0 saturated carbocycles. The number of nitrogens with zero attached hydrogens (tertiary/aromatic N) is 7. The number of hydrogen-bond acceptors (Lipinski definition) is 16. The summed E-state index contributed by atoms with van der Waals surface area (Å²) in [6.07, 6.45) is 10.6. The van der Waals surface area contributed by atoms with Crippen molar-refractivity contribution in [3.05, 3.63) is 201 Å². The van der Waals surface area contributed by atoms with Crippen molar-refractivity contribution in [3.63, 3.8) is 0 Å². The molecule has 3 aliphatic rings. The Hall–Kier alpha value is -8.82. The molecule has 3 aliphatic heterocycles. The summed E-state index contributed by atoms with van der Waals surface area (Å²) in [6.45, 7) is 24.9. The number of ether oxygens (including phenoxy) is 3. The average molecular weight is 1320 g/mol. The number of aliphatic carboxylic acids is 1. The number of benzene rings is 3. The van der Waals surface area contributed by atoms with Crippen molar-refractivity contribution in [1.82, 2.24) is 35.1 Å². The zero-order valence-corrected chi connectivity index (χ0v) is 60.2. The number of likely N-dealkylation sites (tertiary alicyclic amines) is 1. The van der Waals surface area contributed by atoms with Gasteiger partial charge in [0, 0.05) is 116 Å². The Balaban J connectivity index is 0.000000245. The van der Waals surface area contributed by atoms with Crippen LogP contribution in [0.4, 0.5) is 17.3 Å². The third-order valence-corrected chi connectivity index (χ3v) is 16.6. The fraction of sp³-hybridized carbons (Fsp3) is 0.368. The fourth-order valence-electron chi connectivity index (χ4n) is 11.8. The van der Waals surface area contributed by atoms with Crippen LogP contribution in [0.5, 0.6) is 34.5 Å². The molecule has 5 aromatic heterocycles. The molecule has 3 aromatic carbocycles. The molecule has 0 aliphatic carbocycles. The standard InChI is InChI=1S/C28H33N5O3.C19H24N2O.C19H22N2O.C10H12N2O3.B.Na.H/c1-5-20-13-22(15-30-26(20)29)32-27(34)28(35)33-16-17(2)9-10-25(33)21-7-6-8-23(14-21)36-24-11-18(3)31-19(4)12-24;2*1-13-7-8-19(20-12-13)16-5-4-6-17(11-16)22-18-9-14(2)21-15(3)10-18;1-2-7-3-6(5-12-9(7)11)4-8(13)10(14)15;;;/h6-8,11-15,17,25H,5,9-10,16H2,1-4H3,(H2,29,30)(H,32,34);4-6,9-11,13,19-20H,7-8,12H2,1-3H3;4-6,9-11,13H,7-8,12H2,1-3H3;3,5H,2,4H2,1H3,(H2,11,12)(H,14,15);;;/q;;;;;+1;-1/t17-,25+;13-,19+;13-;;;;/m000..../s1. The average Bonchev–Trinajstić information content (AvgIpc) is 0.805. The van der Waals surface area contributed by atoms with Gasteiger partial charge in [0.05, 0.1) is 17.9 Å². The Morgan fingerprint density at radius 1 is 0.598 bits per heavy atom. The fourth-order valence-corrected chi connectivity index (χ4v) is 11.8. The molecule has 5 atom stereocenters. The largest absolute Gasteiger partial charge is 1.00 e. The van der Waals surface area contributed by atoms with E-state index < -0.39 is 23.6 Å². The normalized spacial score (nSPS) is 17.0. The van der Waals surface area contributed by atoms with Crippen LogP contribution in [0.15, 0.2) is 139 Å². The first-order chi connectivity index (χ1) is 45.5. The van der Waals surface area contributed by atoms with E-state index in [0.717, 1.165) is 112 Å². The Morgan fingerprint density at radius 2 is 1.09 bits per heavy atom. The first kappa shape index (κ1) is 77.2. The van der Waals surface area contributed by atoms with Gasteiger partial charge in [-0.3, -0.25) is 34.3 Å². The number of aryl methyl sites for hydroxylation is 8. The number of hydrogen-bond donors (Lipinski definition) is 5. The second-order valence-corrected chi connectivity index (χ2v) is 25.2. The zero-order chi connectivity index (χ0) is 68.3. The molecule has 2 amide bonds. The molecule has 0 unspecified atom stereocenters. The van der Waals surface area contributed by atoms with Crippen LogP contribution in [0.3, 0.4) is 0 Å². The van der Waals surface area contributed by atoms with E-state index in [2.05, 4.69) is 86.7 Å².